The number of aromatic nitrogens is 4. The first-order chi connectivity index (χ1) is 23.2. The molecule has 5 aromatic rings. The maximum Gasteiger partial charge on any atom is 0.301 e. The molecular weight excluding hydrogens is 654 g/mol. The van der Waals surface area contributed by atoms with Crippen LogP contribution in [-0.4, -0.2) is 49.6 Å². The fraction of sp³-hybridized carbons (Fsp3) is 0.286. The first kappa shape index (κ1) is 33.2. The third-order valence-corrected chi connectivity index (χ3v) is 10.1. The van der Waals surface area contributed by atoms with Crippen molar-refractivity contribution in [2.24, 2.45) is 0 Å². The van der Waals surface area contributed by atoms with E-state index in [0.29, 0.717) is 51.7 Å². The van der Waals surface area contributed by atoms with E-state index in [0.717, 1.165) is 35.3 Å². The quantitative estimate of drug-likeness (QED) is 0.0357. The molecule has 1 N–H and O–H groups in total. The molecule has 1 fully saturated rings. The van der Waals surface area contributed by atoms with Gasteiger partial charge in [0.25, 0.3) is 5.78 Å². The fourth-order valence-electron chi connectivity index (χ4n) is 5.51. The summed E-state index contributed by atoms with van der Waals surface area (Å²) < 4.78 is 27.7. The Hall–Kier alpha value is -4.75. The molecule has 0 saturated carbocycles. The average Bonchev–Trinajstić information content (AvgIpc) is 3.76. The average molecular weight is 688 g/mol. The number of Topliss-reactive ketones (excluding diaryl/α,β-unsaturated/α-hetero) is 1. The number of carbonyl (C=O) groups excluding carboxylic acids is 2. The molecule has 1 saturated heterocycles. The van der Waals surface area contributed by atoms with Crippen LogP contribution in [0, 0.1) is 19.7 Å². The number of halogens is 1. The van der Waals surface area contributed by atoms with Gasteiger partial charge in [0.2, 0.25) is 5.13 Å². The number of carbonyl (C=O) groups is 2. The number of pyridine rings is 1. The monoisotopic (exact) mass is 687 g/mol. The van der Waals surface area contributed by atoms with Crippen LogP contribution in [0.25, 0.3) is 11.4 Å². The third-order valence-electron chi connectivity index (χ3n) is 7.97. The van der Waals surface area contributed by atoms with E-state index >= 15 is 0 Å². The summed E-state index contributed by atoms with van der Waals surface area (Å²) in [6, 6.07) is 14.1. The van der Waals surface area contributed by atoms with Crippen molar-refractivity contribution in [2.45, 2.75) is 56.7 Å². The van der Waals surface area contributed by atoms with Gasteiger partial charge < -0.3 is 19.0 Å². The Bertz CT molecular complexity index is 2020. The molecule has 248 valence electrons. The van der Waals surface area contributed by atoms with Crippen LogP contribution in [0.15, 0.2) is 70.7 Å². The van der Waals surface area contributed by atoms with Crippen molar-refractivity contribution < 1.29 is 28.6 Å². The second-order valence-corrected chi connectivity index (χ2v) is 13.4. The largest absolute Gasteiger partial charge is 0.505 e. The van der Waals surface area contributed by atoms with Crippen LogP contribution in [0.5, 0.6) is 11.5 Å². The lowest BCUT2D eigenvalue weighted by molar-refractivity contribution is -0.132. The van der Waals surface area contributed by atoms with Crippen molar-refractivity contribution >= 4 is 51.3 Å². The van der Waals surface area contributed by atoms with Gasteiger partial charge in [0.1, 0.15) is 17.2 Å². The normalized spacial score (nSPS) is 15.9. The van der Waals surface area contributed by atoms with Crippen LogP contribution in [0.4, 0.5) is 9.52 Å². The van der Waals surface area contributed by atoms with Crippen molar-refractivity contribution in [3.05, 3.63) is 100 Å². The maximum atomic E-state index is 13.9. The highest BCUT2D eigenvalue weighted by molar-refractivity contribution is 8.00. The molecule has 1 atom stereocenters. The van der Waals surface area contributed by atoms with Crippen LogP contribution in [-0.2, 0) is 15.3 Å². The Labute approximate surface area is 285 Å². The Morgan fingerprint density at radius 2 is 1.83 bits per heavy atom. The predicted molar refractivity (Wildman–Crippen MR) is 183 cm³/mol. The van der Waals surface area contributed by atoms with Gasteiger partial charge in [0, 0.05) is 11.9 Å². The van der Waals surface area contributed by atoms with Gasteiger partial charge in [-0.05, 0) is 74.2 Å². The summed E-state index contributed by atoms with van der Waals surface area (Å²) in [5.74, 6) is -0.954. The van der Waals surface area contributed by atoms with Crippen molar-refractivity contribution in [1.82, 2.24) is 19.6 Å². The first-order valence-electron chi connectivity index (χ1n) is 15.6. The highest BCUT2D eigenvalue weighted by atomic mass is 32.2. The lowest BCUT2D eigenvalue weighted by Crippen LogP contribution is -2.29. The van der Waals surface area contributed by atoms with Gasteiger partial charge in [-0.1, -0.05) is 60.7 Å². The van der Waals surface area contributed by atoms with E-state index < -0.39 is 23.5 Å². The molecule has 1 amide bonds. The van der Waals surface area contributed by atoms with Crippen molar-refractivity contribution in [2.75, 3.05) is 18.1 Å². The topological polar surface area (TPSA) is 119 Å². The number of fused-ring (bicyclic) bond motifs is 1. The minimum absolute atomic E-state index is 0.123. The predicted octanol–water partition coefficient (Wildman–Crippen LogP) is 7.44. The standard InChI is InChI=1S/C35H34FN5O5S2/c1-5-7-17-46-25-15-12-23(18-26(25)45-6-2)29-27(30(42)28-21(4)40-16-8-9-20(3)32(40)37-28)31(43)33(44)41(29)34-38-39-35(48-34)47-19-22-10-13-24(36)14-11-22/h8-16,18,29,42H,5-7,17,19H2,1-4H3/b30-27+. The summed E-state index contributed by atoms with van der Waals surface area (Å²) in [6.45, 7) is 8.50. The van der Waals surface area contributed by atoms with E-state index in [1.807, 2.05) is 36.6 Å². The van der Waals surface area contributed by atoms with E-state index in [2.05, 4.69) is 22.1 Å². The number of aryl methyl sites for hydroxylation is 2. The van der Waals surface area contributed by atoms with Crippen LogP contribution in [0.1, 0.15) is 60.8 Å². The number of aliphatic hydroxyl groups excluding tert-OH is 1. The van der Waals surface area contributed by atoms with E-state index in [4.69, 9.17) is 9.47 Å². The molecule has 0 aliphatic carbocycles. The summed E-state index contributed by atoms with van der Waals surface area (Å²) in [5, 5.41) is 20.6. The summed E-state index contributed by atoms with van der Waals surface area (Å²) in [5.41, 5.74) is 3.60. The van der Waals surface area contributed by atoms with Crippen LogP contribution >= 0.6 is 23.1 Å². The first-order valence-corrected chi connectivity index (χ1v) is 17.4. The number of imidazole rings is 1. The zero-order valence-electron chi connectivity index (χ0n) is 26.9. The Kier molecular flexibility index (Phi) is 9.78. The molecule has 1 aliphatic rings. The van der Waals surface area contributed by atoms with Gasteiger partial charge in [-0.25, -0.2) is 9.37 Å². The minimum Gasteiger partial charge on any atom is -0.505 e. The van der Waals surface area contributed by atoms with Gasteiger partial charge in [0.05, 0.1) is 30.5 Å². The van der Waals surface area contributed by atoms with E-state index in [-0.39, 0.29) is 22.2 Å². The molecule has 10 nitrogen and oxygen atoms in total. The number of amides is 1. The Balaban J connectivity index is 1.45. The van der Waals surface area contributed by atoms with Crippen LogP contribution in [0.2, 0.25) is 0 Å². The summed E-state index contributed by atoms with van der Waals surface area (Å²) >= 11 is 2.52. The number of ether oxygens (including phenoxy) is 2. The second-order valence-electron chi connectivity index (χ2n) is 11.2. The highest BCUT2D eigenvalue weighted by Gasteiger charge is 2.49. The Morgan fingerprint density at radius 1 is 1.04 bits per heavy atom. The highest BCUT2D eigenvalue weighted by Crippen LogP contribution is 2.46. The van der Waals surface area contributed by atoms with Crippen LogP contribution < -0.4 is 14.4 Å². The molecule has 1 unspecified atom stereocenters. The van der Waals surface area contributed by atoms with Crippen molar-refractivity contribution in [3.63, 3.8) is 0 Å². The van der Waals surface area contributed by atoms with E-state index in [9.17, 15) is 19.1 Å². The zero-order valence-corrected chi connectivity index (χ0v) is 28.5. The molecule has 13 heteroatoms. The molecule has 6 rings (SSSR count). The molecule has 2 aromatic carbocycles. The molecule has 4 heterocycles. The molecule has 3 aromatic heterocycles. The van der Waals surface area contributed by atoms with Gasteiger partial charge in [0.15, 0.2) is 21.6 Å². The summed E-state index contributed by atoms with van der Waals surface area (Å²) in [4.78, 5) is 33.7. The number of benzene rings is 2. The van der Waals surface area contributed by atoms with Crippen molar-refractivity contribution in [3.8, 4) is 11.5 Å². The molecule has 1 aliphatic heterocycles. The number of thioether (sulfide) groups is 1. The van der Waals surface area contributed by atoms with Gasteiger partial charge in [-0.2, -0.15) is 0 Å². The number of anilines is 1. The van der Waals surface area contributed by atoms with E-state index in [1.54, 1.807) is 37.3 Å². The van der Waals surface area contributed by atoms with E-state index in [1.165, 1.54) is 28.8 Å². The molecule has 0 bridgehead atoms. The lowest BCUT2D eigenvalue weighted by atomic mass is 9.96. The lowest BCUT2D eigenvalue weighted by Gasteiger charge is -2.23. The second kappa shape index (κ2) is 14.2. The molecule has 48 heavy (non-hydrogen) atoms. The number of unbranched alkanes of at least 4 members (excludes halogenated alkanes) is 1. The zero-order chi connectivity index (χ0) is 33.9. The van der Waals surface area contributed by atoms with Gasteiger partial charge in [-0.3, -0.25) is 14.5 Å². The number of hydrogen-bond donors (Lipinski definition) is 1. The number of aliphatic hydroxyl groups is 1. The number of ketones is 1. The summed E-state index contributed by atoms with van der Waals surface area (Å²) in [7, 11) is 0. The smallest absolute Gasteiger partial charge is 0.301 e. The molecular formula is C35H34FN5O5S2. The minimum atomic E-state index is -1.07. The molecule has 0 radical (unpaired) electrons. The van der Waals surface area contributed by atoms with Crippen molar-refractivity contribution in [1.29, 1.82) is 0 Å². The number of rotatable bonds is 12. The number of hydrogen-bond acceptors (Lipinski definition) is 10. The Morgan fingerprint density at radius 3 is 2.56 bits per heavy atom. The SMILES string of the molecule is CCCCOc1ccc(C2/C(=C(\O)c3nc4c(C)cccn4c3C)C(=O)C(=O)N2c2nnc(SCc3ccc(F)cc3)s2)cc1OCC. The molecule has 0 spiro atoms. The van der Waals surface area contributed by atoms with Gasteiger partial charge in [-0.15, -0.1) is 10.2 Å². The number of nitrogens with zero attached hydrogens (tertiary/aromatic N) is 5. The maximum absolute atomic E-state index is 13.9. The van der Waals surface area contributed by atoms with Gasteiger partial charge >= 0.3 is 5.91 Å². The third kappa shape index (κ3) is 6.39. The van der Waals surface area contributed by atoms with Crippen LogP contribution in [0.3, 0.4) is 0 Å². The fourth-order valence-corrected chi connectivity index (χ4v) is 7.34. The summed E-state index contributed by atoms with van der Waals surface area (Å²) in [6.07, 6.45) is 3.66.